The molecule has 0 aromatic heterocycles. The van der Waals surface area contributed by atoms with Crippen molar-refractivity contribution in [2.45, 2.75) is 40.0 Å². The molecule has 0 heterocycles. The highest BCUT2D eigenvalue weighted by molar-refractivity contribution is 4.63. The summed E-state index contributed by atoms with van der Waals surface area (Å²) in [6, 6.07) is 0. The molecule has 0 rings (SSSR count). The van der Waals surface area contributed by atoms with Crippen LogP contribution in [0.5, 0.6) is 0 Å². The largest absolute Gasteiger partial charge is 0.379 e. The van der Waals surface area contributed by atoms with Crippen LogP contribution >= 0.6 is 0 Å². The zero-order valence-electron chi connectivity index (χ0n) is 13.0. The van der Waals surface area contributed by atoms with E-state index in [0.29, 0.717) is 38.3 Å². The summed E-state index contributed by atoms with van der Waals surface area (Å²) < 4.78 is 16.4. The van der Waals surface area contributed by atoms with Gasteiger partial charge in [0.25, 0.3) is 0 Å². The molecule has 1 atom stereocenters. The number of hydrogen-bond acceptors (Lipinski definition) is 4. The SMILES string of the molecule is CCCCOCCOCCOCCC(CN)C(C)C. The van der Waals surface area contributed by atoms with Gasteiger partial charge in [-0.15, -0.1) is 0 Å². The van der Waals surface area contributed by atoms with Gasteiger partial charge in [0.2, 0.25) is 0 Å². The first-order valence-corrected chi connectivity index (χ1v) is 7.65. The van der Waals surface area contributed by atoms with Gasteiger partial charge in [0.1, 0.15) is 0 Å². The van der Waals surface area contributed by atoms with Crippen molar-refractivity contribution in [3.63, 3.8) is 0 Å². The standard InChI is InChI=1S/C15H33NO3/c1-4-5-7-17-9-11-19-12-10-18-8-6-15(13-16)14(2)3/h14-15H,4-13,16H2,1-3H3. The van der Waals surface area contributed by atoms with Crippen molar-refractivity contribution < 1.29 is 14.2 Å². The second-order valence-electron chi connectivity index (χ2n) is 5.22. The summed E-state index contributed by atoms with van der Waals surface area (Å²) in [5.74, 6) is 1.19. The quantitative estimate of drug-likeness (QED) is 0.495. The highest BCUT2D eigenvalue weighted by Crippen LogP contribution is 2.13. The van der Waals surface area contributed by atoms with Crippen LogP contribution in [0.2, 0.25) is 0 Å². The maximum atomic E-state index is 5.71. The minimum absolute atomic E-state index is 0.563. The van der Waals surface area contributed by atoms with Gasteiger partial charge in [-0.1, -0.05) is 27.2 Å². The predicted octanol–water partition coefficient (Wildman–Crippen LogP) is 2.46. The molecule has 0 saturated carbocycles. The molecule has 19 heavy (non-hydrogen) atoms. The van der Waals surface area contributed by atoms with Gasteiger partial charge in [-0.3, -0.25) is 0 Å². The Labute approximate surface area is 119 Å². The van der Waals surface area contributed by atoms with Gasteiger partial charge in [0.15, 0.2) is 0 Å². The maximum Gasteiger partial charge on any atom is 0.0701 e. The molecule has 4 heteroatoms. The number of unbranched alkanes of at least 4 members (excludes halogenated alkanes) is 1. The molecule has 0 aliphatic heterocycles. The molecule has 0 fully saturated rings. The molecule has 4 nitrogen and oxygen atoms in total. The second-order valence-corrected chi connectivity index (χ2v) is 5.22. The fraction of sp³-hybridized carbons (Fsp3) is 1.00. The van der Waals surface area contributed by atoms with E-state index in [0.717, 1.165) is 32.6 Å². The van der Waals surface area contributed by atoms with E-state index in [1.807, 2.05) is 0 Å². The third-order valence-corrected chi connectivity index (χ3v) is 3.26. The molecule has 0 aliphatic rings. The van der Waals surface area contributed by atoms with Gasteiger partial charge in [0.05, 0.1) is 26.4 Å². The average Bonchev–Trinajstić information content (AvgIpc) is 2.40. The van der Waals surface area contributed by atoms with Crippen LogP contribution in [-0.2, 0) is 14.2 Å². The van der Waals surface area contributed by atoms with Crippen molar-refractivity contribution in [2.24, 2.45) is 17.6 Å². The number of nitrogens with two attached hydrogens (primary N) is 1. The minimum atomic E-state index is 0.563. The van der Waals surface area contributed by atoms with Crippen molar-refractivity contribution >= 4 is 0 Å². The highest BCUT2D eigenvalue weighted by atomic mass is 16.5. The van der Waals surface area contributed by atoms with E-state index in [1.54, 1.807) is 0 Å². The monoisotopic (exact) mass is 275 g/mol. The van der Waals surface area contributed by atoms with Crippen LogP contribution in [0.25, 0.3) is 0 Å². The van der Waals surface area contributed by atoms with Crippen LogP contribution in [0.15, 0.2) is 0 Å². The Morgan fingerprint density at radius 2 is 1.37 bits per heavy atom. The molecule has 0 spiro atoms. The molecule has 2 N–H and O–H groups in total. The van der Waals surface area contributed by atoms with E-state index in [4.69, 9.17) is 19.9 Å². The Morgan fingerprint density at radius 1 is 0.842 bits per heavy atom. The zero-order chi connectivity index (χ0) is 14.3. The van der Waals surface area contributed by atoms with Crippen molar-refractivity contribution in [1.82, 2.24) is 0 Å². The summed E-state index contributed by atoms with van der Waals surface area (Å²) in [4.78, 5) is 0. The third-order valence-electron chi connectivity index (χ3n) is 3.26. The lowest BCUT2D eigenvalue weighted by molar-refractivity contribution is 0.0111. The summed E-state index contributed by atoms with van der Waals surface area (Å²) in [5, 5.41) is 0. The number of hydrogen-bond donors (Lipinski definition) is 1. The summed E-state index contributed by atoms with van der Waals surface area (Å²) in [6.07, 6.45) is 3.34. The molecule has 0 aromatic rings. The summed E-state index contributed by atoms with van der Waals surface area (Å²) in [7, 11) is 0. The third kappa shape index (κ3) is 12.6. The van der Waals surface area contributed by atoms with E-state index >= 15 is 0 Å². The van der Waals surface area contributed by atoms with Gasteiger partial charge in [-0.2, -0.15) is 0 Å². The van der Waals surface area contributed by atoms with Gasteiger partial charge in [0, 0.05) is 13.2 Å². The molecular formula is C15H33NO3. The molecule has 0 aromatic carbocycles. The smallest absolute Gasteiger partial charge is 0.0701 e. The summed E-state index contributed by atoms with van der Waals surface area (Å²) in [6.45, 7) is 11.6. The summed E-state index contributed by atoms with van der Waals surface area (Å²) in [5.41, 5.74) is 5.71. The topological polar surface area (TPSA) is 53.7 Å². The van der Waals surface area contributed by atoms with Crippen molar-refractivity contribution in [2.75, 3.05) is 46.2 Å². The van der Waals surface area contributed by atoms with Crippen LogP contribution in [0.3, 0.4) is 0 Å². The zero-order valence-corrected chi connectivity index (χ0v) is 13.0. The number of rotatable bonds is 14. The molecule has 1 unspecified atom stereocenters. The second kappa shape index (κ2) is 14.3. The number of ether oxygens (including phenoxy) is 3. The molecule has 0 saturated heterocycles. The van der Waals surface area contributed by atoms with Gasteiger partial charge in [-0.25, -0.2) is 0 Å². The maximum absolute atomic E-state index is 5.71. The van der Waals surface area contributed by atoms with Gasteiger partial charge < -0.3 is 19.9 Å². The van der Waals surface area contributed by atoms with E-state index in [1.165, 1.54) is 6.42 Å². The Balaban J connectivity index is 3.14. The Hall–Kier alpha value is -0.160. The lowest BCUT2D eigenvalue weighted by Crippen LogP contribution is -2.22. The lowest BCUT2D eigenvalue weighted by atomic mass is 9.93. The molecule has 0 amide bonds. The van der Waals surface area contributed by atoms with Crippen LogP contribution in [0.1, 0.15) is 40.0 Å². The first kappa shape index (κ1) is 18.8. The minimum Gasteiger partial charge on any atom is -0.379 e. The molecular weight excluding hydrogens is 242 g/mol. The van der Waals surface area contributed by atoms with Crippen LogP contribution in [-0.4, -0.2) is 46.2 Å². The van der Waals surface area contributed by atoms with E-state index in [9.17, 15) is 0 Å². The van der Waals surface area contributed by atoms with E-state index in [-0.39, 0.29) is 0 Å². The molecule has 116 valence electrons. The van der Waals surface area contributed by atoms with E-state index < -0.39 is 0 Å². The molecule has 0 bridgehead atoms. The van der Waals surface area contributed by atoms with Crippen molar-refractivity contribution in [1.29, 1.82) is 0 Å². The Morgan fingerprint density at radius 3 is 1.84 bits per heavy atom. The lowest BCUT2D eigenvalue weighted by Gasteiger charge is -2.18. The first-order chi connectivity index (χ1) is 9.22. The van der Waals surface area contributed by atoms with Crippen molar-refractivity contribution in [3.8, 4) is 0 Å². The molecule has 0 radical (unpaired) electrons. The van der Waals surface area contributed by atoms with Crippen LogP contribution < -0.4 is 5.73 Å². The highest BCUT2D eigenvalue weighted by Gasteiger charge is 2.10. The average molecular weight is 275 g/mol. The fourth-order valence-electron chi connectivity index (χ4n) is 1.75. The first-order valence-electron chi connectivity index (χ1n) is 7.65. The Bertz CT molecular complexity index is 177. The van der Waals surface area contributed by atoms with Crippen molar-refractivity contribution in [3.05, 3.63) is 0 Å². The normalized spacial score (nSPS) is 13.1. The van der Waals surface area contributed by atoms with Crippen LogP contribution in [0.4, 0.5) is 0 Å². The van der Waals surface area contributed by atoms with Crippen LogP contribution in [0, 0.1) is 11.8 Å². The van der Waals surface area contributed by atoms with Gasteiger partial charge in [-0.05, 0) is 31.2 Å². The fourth-order valence-corrected chi connectivity index (χ4v) is 1.75. The molecule has 0 aliphatic carbocycles. The predicted molar refractivity (Wildman–Crippen MR) is 79.4 cm³/mol. The van der Waals surface area contributed by atoms with E-state index in [2.05, 4.69) is 20.8 Å². The van der Waals surface area contributed by atoms with Gasteiger partial charge >= 0.3 is 0 Å². The summed E-state index contributed by atoms with van der Waals surface area (Å²) >= 11 is 0. The Kier molecular flexibility index (Phi) is 14.1.